The fourth-order valence-corrected chi connectivity index (χ4v) is 1.95. The molecule has 0 saturated carbocycles. The van der Waals surface area contributed by atoms with Crippen molar-refractivity contribution in [3.8, 4) is 24.0 Å². The Balaban J connectivity index is 2.49. The minimum absolute atomic E-state index is 0.245. The Bertz CT molecular complexity index is 907. The van der Waals surface area contributed by atoms with E-state index in [9.17, 15) is 5.26 Å². The van der Waals surface area contributed by atoms with E-state index in [0.29, 0.717) is 17.1 Å². The molecule has 0 aliphatic heterocycles. The molecule has 0 radical (unpaired) electrons. The second-order valence-electron chi connectivity index (χ2n) is 4.74. The first-order chi connectivity index (χ1) is 12.2. The van der Waals surface area contributed by atoms with Crippen LogP contribution in [0.15, 0.2) is 70.9 Å². The number of methoxy groups -OCH3 is 1. The van der Waals surface area contributed by atoms with Crippen molar-refractivity contribution in [1.29, 1.82) is 15.8 Å². The second kappa shape index (κ2) is 8.53. The first kappa shape index (κ1) is 17.3. The van der Waals surface area contributed by atoms with Crippen molar-refractivity contribution >= 4 is 11.5 Å². The molecule has 0 spiro atoms. The highest BCUT2D eigenvalue weighted by molar-refractivity contribution is 6.09. The van der Waals surface area contributed by atoms with Crippen molar-refractivity contribution in [1.82, 2.24) is 0 Å². The summed E-state index contributed by atoms with van der Waals surface area (Å²) in [5, 5.41) is 30.3. The first-order valence-corrected chi connectivity index (χ1v) is 7.21. The Hall–Kier alpha value is -4.08. The smallest absolute Gasteiger partial charge is 0.171 e. The van der Waals surface area contributed by atoms with Gasteiger partial charge in [-0.05, 0) is 24.3 Å². The third-order valence-electron chi connectivity index (χ3n) is 3.19. The third kappa shape index (κ3) is 4.45. The van der Waals surface area contributed by atoms with Gasteiger partial charge in [0.25, 0.3) is 0 Å². The summed E-state index contributed by atoms with van der Waals surface area (Å²) >= 11 is 0. The molecule has 0 fully saturated rings. The molecule has 120 valence electrons. The molecule has 0 aliphatic carbocycles. The van der Waals surface area contributed by atoms with Crippen molar-refractivity contribution in [2.45, 2.75) is 0 Å². The van der Waals surface area contributed by atoms with Gasteiger partial charge in [-0.25, -0.2) is 4.99 Å². The molecule has 0 unspecified atom stereocenters. The van der Waals surface area contributed by atoms with Crippen LogP contribution < -0.4 is 10.1 Å². The molecule has 0 amide bonds. The zero-order valence-electron chi connectivity index (χ0n) is 13.4. The lowest BCUT2D eigenvalue weighted by Crippen LogP contribution is -2.14. The van der Waals surface area contributed by atoms with E-state index >= 15 is 0 Å². The number of nitrogens with one attached hydrogen (secondary N) is 1. The molecular weight excluding hydrogens is 314 g/mol. The predicted octanol–water partition coefficient (Wildman–Crippen LogP) is 3.38. The molecule has 0 aromatic heterocycles. The predicted molar refractivity (Wildman–Crippen MR) is 93.5 cm³/mol. The molecule has 1 N–H and O–H groups in total. The van der Waals surface area contributed by atoms with Crippen LogP contribution in [-0.2, 0) is 0 Å². The van der Waals surface area contributed by atoms with Gasteiger partial charge in [-0.2, -0.15) is 15.8 Å². The second-order valence-corrected chi connectivity index (χ2v) is 4.74. The van der Waals surface area contributed by atoms with Crippen LogP contribution in [-0.4, -0.2) is 12.9 Å². The summed E-state index contributed by atoms with van der Waals surface area (Å²) in [5.41, 5.74) is 0.842. The largest absolute Gasteiger partial charge is 0.497 e. The number of aliphatic imine (C=N–C) groups is 1. The van der Waals surface area contributed by atoms with E-state index in [2.05, 4.69) is 10.3 Å². The summed E-state index contributed by atoms with van der Waals surface area (Å²) in [5.74, 6) is 1.06. The molecule has 2 aromatic rings. The average molecular weight is 327 g/mol. The number of nitrogens with zero attached hydrogens (tertiary/aromatic N) is 4. The molecule has 25 heavy (non-hydrogen) atoms. The van der Waals surface area contributed by atoms with Crippen LogP contribution in [0.3, 0.4) is 0 Å². The van der Waals surface area contributed by atoms with E-state index in [0.717, 1.165) is 5.69 Å². The molecule has 0 bridgehead atoms. The average Bonchev–Trinajstić information content (AvgIpc) is 2.68. The van der Waals surface area contributed by atoms with Crippen molar-refractivity contribution in [2.24, 2.45) is 4.99 Å². The summed E-state index contributed by atoms with van der Waals surface area (Å²) in [4.78, 5) is 4.19. The number of nitriles is 3. The fourth-order valence-electron chi connectivity index (χ4n) is 1.95. The maximum atomic E-state index is 9.23. The zero-order valence-corrected chi connectivity index (χ0v) is 13.4. The Labute approximate surface area is 145 Å². The molecular formula is C19H13N5O. The lowest BCUT2D eigenvalue weighted by Gasteiger charge is -2.11. The van der Waals surface area contributed by atoms with Gasteiger partial charge < -0.3 is 10.1 Å². The lowest BCUT2D eigenvalue weighted by molar-refractivity contribution is 0.415. The Morgan fingerprint density at radius 1 is 0.920 bits per heavy atom. The maximum absolute atomic E-state index is 9.23. The Kier molecular flexibility index (Phi) is 5.89. The van der Waals surface area contributed by atoms with E-state index in [1.54, 1.807) is 49.6 Å². The molecule has 0 saturated heterocycles. The number of benzene rings is 2. The van der Waals surface area contributed by atoms with Gasteiger partial charge in [0.15, 0.2) is 11.3 Å². The molecule has 0 atom stereocenters. The van der Waals surface area contributed by atoms with Crippen LogP contribution in [0, 0.1) is 34.0 Å². The summed E-state index contributed by atoms with van der Waals surface area (Å²) in [6.07, 6.45) is 0. The monoisotopic (exact) mass is 327 g/mol. The minimum atomic E-state index is -0.340. The number of allylic oxidation sites excluding steroid dienone is 2. The van der Waals surface area contributed by atoms with E-state index in [1.165, 1.54) is 0 Å². The van der Waals surface area contributed by atoms with Gasteiger partial charge in [-0.15, -0.1) is 0 Å². The lowest BCUT2D eigenvalue weighted by atomic mass is 10.2. The van der Waals surface area contributed by atoms with Crippen molar-refractivity contribution in [2.75, 3.05) is 12.4 Å². The van der Waals surface area contributed by atoms with Gasteiger partial charge in [0, 0.05) is 11.3 Å². The topological polar surface area (TPSA) is 105 Å². The van der Waals surface area contributed by atoms with Crippen LogP contribution in [0.5, 0.6) is 5.75 Å². The highest BCUT2D eigenvalue weighted by Crippen LogP contribution is 2.17. The number of hydrogen-bond donors (Lipinski definition) is 1. The molecule has 0 aliphatic rings. The number of rotatable bonds is 4. The Morgan fingerprint density at radius 2 is 1.56 bits per heavy atom. The summed E-state index contributed by atoms with van der Waals surface area (Å²) in [6.45, 7) is 0. The zero-order chi connectivity index (χ0) is 18.1. The van der Waals surface area contributed by atoms with Crippen molar-refractivity contribution in [3.63, 3.8) is 0 Å². The van der Waals surface area contributed by atoms with Gasteiger partial charge in [-0.1, -0.05) is 30.3 Å². The molecule has 6 nitrogen and oxygen atoms in total. The normalized spacial score (nSPS) is 9.92. The molecule has 0 heterocycles. The minimum Gasteiger partial charge on any atom is -0.497 e. The van der Waals surface area contributed by atoms with Crippen LogP contribution >= 0.6 is 0 Å². The molecule has 2 aromatic carbocycles. The number of anilines is 1. The summed E-state index contributed by atoms with van der Waals surface area (Å²) < 4.78 is 5.12. The summed E-state index contributed by atoms with van der Waals surface area (Å²) in [6, 6.07) is 21.4. The van der Waals surface area contributed by atoms with Gasteiger partial charge in [-0.3, -0.25) is 0 Å². The van der Waals surface area contributed by atoms with E-state index in [-0.39, 0.29) is 11.3 Å². The number of amidine groups is 1. The van der Waals surface area contributed by atoms with Gasteiger partial charge in [0.05, 0.1) is 7.11 Å². The van der Waals surface area contributed by atoms with Crippen LogP contribution in [0.4, 0.5) is 5.69 Å². The fraction of sp³-hybridized carbons (Fsp3) is 0.0526. The number of ether oxygens (including phenoxy) is 1. The third-order valence-corrected chi connectivity index (χ3v) is 3.19. The highest BCUT2D eigenvalue weighted by atomic mass is 16.5. The van der Waals surface area contributed by atoms with E-state index < -0.39 is 0 Å². The van der Waals surface area contributed by atoms with Gasteiger partial charge in [0.2, 0.25) is 0 Å². The standard InChI is InChI=1S/C19H13N5O/c1-25-17-9-7-16(8-10-17)23-19(14-5-3-2-4-6-14)24-18(13-22)15(11-20)12-21/h2-10H,1H3,(H,23,24). The van der Waals surface area contributed by atoms with Gasteiger partial charge in [0.1, 0.15) is 29.8 Å². The van der Waals surface area contributed by atoms with Crippen LogP contribution in [0.1, 0.15) is 5.56 Å². The number of hydrogen-bond acceptors (Lipinski definition) is 5. The maximum Gasteiger partial charge on any atom is 0.171 e. The molecule has 6 heteroatoms. The van der Waals surface area contributed by atoms with Crippen LogP contribution in [0.2, 0.25) is 0 Å². The van der Waals surface area contributed by atoms with Crippen molar-refractivity contribution in [3.05, 3.63) is 71.4 Å². The Morgan fingerprint density at radius 3 is 2.08 bits per heavy atom. The molecule has 2 rings (SSSR count). The van der Waals surface area contributed by atoms with Crippen LogP contribution in [0.25, 0.3) is 0 Å². The highest BCUT2D eigenvalue weighted by Gasteiger charge is 2.09. The van der Waals surface area contributed by atoms with Crippen molar-refractivity contribution < 1.29 is 4.74 Å². The van der Waals surface area contributed by atoms with Gasteiger partial charge >= 0.3 is 0 Å². The first-order valence-electron chi connectivity index (χ1n) is 7.21. The van der Waals surface area contributed by atoms with E-state index in [1.807, 2.05) is 30.3 Å². The van der Waals surface area contributed by atoms with E-state index in [4.69, 9.17) is 15.3 Å². The quantitative estimate of drug-likeness (QED) is 0.526. The summed E-state index contributed by atoms with van der Waals surface area (Å²) in [7, 11) is 1.58. The SMILES string of the molecule is COc1ccc(NC(=NC(C#N)=C(C#N)C#N)c2ccccc2)cc1.